The molecule has 3 aromatic rings. The predicted molar refractivity (Wildman–Crippen MR) is 140 cm³/mol. The topological polar surface area (TPSA) is 93.9 Å². The molecular formula is C30H33N3O5. The van der Waals surface area contributed by atoms with E-state index in [1.165, 1.54) is 17.4 Å². The average Bonchev–Trinajstić information content (AvgIpc) is 3.44. The monoisotopic (exact) mass is 515 g/mol. The maximum atomic E-state index is 13.2. The summed E-state index contributed by atoms with van der Waals surface area (Å²) in [5.74, 6) is 1.11. The van der Waals surface area contributed by atoms with E-state index < -0.39 is 0 Å². The number of ether oxygens (including phenoxy) is 2. The molecule has 38 heavy (non-hydrogen) atoms. The third-order valence-corrected chi connectivity index (χ3v) is 7.61. The van der Waals surface area contributed by atoms with Crippen molar-refractivity contribution >= 4 is 11.8 Å². The predicted octanol–water partition coefficient (Wildman–Crippen LogP) is 4.35. The molecule has 2 aliphatic heterocycles. The number of nitrogens with zero attached hydrogens (tertiary/aromatic N) is 2. The fourth-order valence-electron chi connectivity index (χ4n) is 5.32. The standard InChI is InChI=1S/C30H33N3O5/c1-19-4-6-21(7-5-19)28-25-15-23(11-10-20(25)12-13-33(28)30(35)22-8-9-22)37-18-27-32-26(17-38-27)29(34)31-16-24-3-2-14-36-24/h4-7,10-11,15,17,22,24,28H,2-3,8-9,12-14,16,18H2,1H3,(H,31,34)/t24-,28+/m1/s1. The van der Waals surface area contributed by atoms with E-state index in [0.717, 1.165) is 56.4 Å². The summed E-state index contributed by atoms with van der Waals surface area (Å²) in [4.78, 5) is 32.0. The van der Waals surface area contributed by atoms with Gasteiger partial charge in [0.25, 0.3) is 5.91 Å². The van der Waals surface area contributed by atoms with Crippen molar-refractivity contribution in [1.82, 2.24) is 15.2 Å². The van der Waals surface area contributed by atoms with Gasteiger partial charge in [0.1, 0.15) is 12.0 Å². The summed E-state index contributed by atoms with van der Waals surface area (Å²) in [6.07, 6.45) is 6.18. The van der Waals surface area contributed by atoms with Gasteiger partial charge in [-0.3, -0.25) is 9.59 Å². The molecule has 2 amide bonds. The summed E-state index contributed by atoms with van der Waals surface area (Å²) < 4.78 is 17.1. The van der Waals surface area contributed by atoms with E-state index in [1.807, 2.05) is 17.0 Å². The maximum Gasteiger partial charge on any atom is 0.273 e. The van der Waals surface area contributed by atoms with Crippen LogP contribution in [0.25, 0.3) is 0 Å². The summed E-state index contributed by atoms with van der Waals surface area (Å²) in [6.45, 7) is 4.09. The Bertz CT molecular complexity index is 1310. The van der Waals surface area contributed by atoms with Crippen molar-refractivity contribution in [3.8, 4) is 5.75 Å². The minimum Gasteiger partial charge on any atom is -0.484 e. The van der Waals surface area contributed by atoms with Crippen LogP contribution in [0.5, 0.6) is 5.75 Å². The lowest BCUT2D eigenvalue weighted by atomic mass is 9.87. The van der Waals surface area contributed by atoms with Gasteiger partial charge in [0.05, 0.1) is 12.1 Å². The van der Waals surface area contributed by atoms with Gasteiger partial charge in [-0.2, -0.15) is 0 Å². The molecule has 2 aromatic carbocycles. The Morgan fingerprint density at radius 1 is 1.13 bits per heavy atom. The van der Waals surface area contributed by atoms with E-state index in [1.54, 1.807) is 0 Å². The van der Waals surface area contributed by atoms with Crippen molar-refractivity contribution in [3.63, 3.8) is 0 Å². The summed E-state index contributed by atoms with van der Waals surface area (Å²) >= 11 is 0. The Hall–Kier alpha value is -3.65. The van der Waals surface area contributed by atoms with Gasteiger partial charge >= 0.3 is 0 Å². The molecule has 6 rings (SSSR count). The molecule has 0 spiro atoms. The fraction of sp³-hybridized carbons (Fsp3) is 0.433. The Kier molecular flexibility index (Phi) is 6.89. The smallest absolute Gasteiger partial charge is 0.273 e. The number of aryl methyl sites for hydroxylation is 1. The van der Waals surface area contributed by atoms with Crippen molar-refractivity contribution in [3.05, 3.63) is 82.6 Å². The highest BCUT2D eigenvalue weighted by Gasteiger charge is 2.39. The van der Waals surface area contributed by atoms with Crippen LogP contribution in [0.15, 0.2) is 53.1 Å². The SMILES string of the molecule is Cc1ccc([C@H]2c3cc(OCc4nc(C(=O)NC[C@H]5CCCO5)co4)ccc3CCN2C(=O)C2CC2)cc1. The van der Waals surface area contributed by atoms with Gasteiger partial charge in [0, 0.05) is 25.6 Å². The second-order valence-corrected chi connectivity index (χ2v) is 10.5. The van der Waals surface area contributed by atoms with Crippen LogP contribution >= 0.6 is 0 Å². The van der Waals surface area contributed by atoms with Crippen molar-refractivity contribution in [2.24, 2.45) is 5.92 Å². The number of oxazole rings is 1. The highest BCUT2D eigenvalue weighted by molar-refractivity contribution is 5.91. The van der Waals surface area contributed by atoms with Gasteiger partial charge in [-0.15, -0.1) is 0 Å². The molecule has 8 nitrogen and oxygen atoms in total. The van der Waals surface area contributed by atoms with Gasteiger partial charge in [-0.05, 0) is 67.9 Å². The molecule has 1 N–H and O–H groups in total. The molecule has 1 saturated heterocycles. The Morgan fingerprint density at radius 3 is 2.74 bits per heavy atom. The quantitative estimate of drug-likeness (QED) is 0.479. The van der Waals surface area contributed by atoms with Gasteiger partial charge in [0.15, 0.2) is 12.3 Å². The van der Waals surface area contributed by atoms with Crippen LogP contribution in [0.4, 0.5) is 0 Å². The number of nitrogens with one attached hydrogen (secondary N) is 1. The van der Waals surface area contributed by atoms with Gasteiger partial charge in [0.2, 0.25) is 11.8 Å². The van der Waals surface area contributed by atoms with E-state index in [0.29, 0.717) is 18.2 Å². The summed E-state index contributed by atoms with van der Waals surface area (Å²) in [5.41, 5.74) is 4.83. The van der Waals surface area contributed by atoms with Gasteiger partial charge < -0.3 is 24.1 Å². The van der Waals surface area contributed by atoms with Crippen LogP contribution in [0.2, 0.25) is 0 Å². The van der Waals surface area contributed by atoms with Gasteiger partial charge in [-0.25, -0.2) is 4.98 Å². The number of benzene rings is 2. The first kappa shape index (κ1) is 24.7. The Balaban J connectivity index is 1.16. The number of hydrogen-bond acceptors (Lipinski definition) is 6. The van der Waals surface area contributed by atoms with Crippen LogP contribution in [0.3, 0.4) is 0 Å². The third-order valence-electron chi connectivity index (χ3n) is 7.61. The highest BCUT2D eigenvalue weighted by atomic mass is 16.5. The highest BCUT2D eigenvalue weighted by Crippen LogP contribution is 2.41. The molecule has 2 atom stereocenters. The number of rotatable bonds is 8. The maximum absolute atomic E-state index is 13.2. The van der Waals surface area contributed by atoms with E-state index in [-0.39, 0.29) is 42.2 Å². The summed E-state index contributed by atoms with van der Waals surface area (Å²) in [7, 11) is 0. The third kappa shape index (κ3) is 5.31. The number of carbonyl (C=O) groups is 2. The zero-order valence-electron chi connectivity index (χ0n) is 21.7. The number of fused-ring (bicyclic) bond motifs is 1. The van der Waals surface area contributed by atoms with E-state index in [4.69, 9.17) is 13.9 Å². The molecule has 8 heteroatoms. The fourth-order valence-corrected chi connectivity index (χ4v) is 5.32. The minimum absolute atomic E-state index is 0.0666. The largest absolute Gasteiger partial charge is 0.484 e. The molecule has 0 radical (unpaired) electrons. The number of aromatic nitrogens is 1. The number of hydrogen-bond donors (Lipinski definition) is 1. The molecule has 198 valence electrons. The molecule has 1 aliphatic carbocycles. The van der Waals surface area contributed by atoms with Crippen LogP contribution in [0, 0.1) is 12.8 Å². The van der Waals surface area contributed by atoms with Gasteiger partial charge in [-0.1, -0.05) is 35.9 Å². The summed E-state index contributed by atoms with van der Waals surface area (Å²) in [6, 6.07) is 14.4. The summed E-state index contributed by atoms with van der Waals surface area (Å²) in [5, 5.41) is 2.85. The lowest BCUT2D eigenvalue weighted by Gasteiger charge is -2.38. The lowest BCUT2D eigenvalue weighted by Crippen LogP contribution is -2.41. The first-order chi connectivity index (χ1) is 18.5. The van der Waals surface area contributed by atoms with Crippen molar-refractivity contribution in [2.75, 3.05) is 19.7 Å². The molecular weight excluding hydrogens is 482 g/mol. The molecule has 2 fully saturated rings. The van der Waals surface area contributed by atoms with Crippen molar-refractivity contribution in [1.29, 1.82) is 0 Å². The van der Waals surface area contributed by atoms with Crippen LogP contribution in [-0.4, -0.2) is 47.5 Å². The lowest BCUT2D eigenvalue weighted by molar-refractivity contribution is -0.134. The van der Waals surface area contributed by atoms with Crippen LogP contribution in [0.1, 0.15) is 70.4 Å². The molecule has 3 heterocycles. The van der Waals surface area contributed by atoms with Crippen molar-refractivity contribution < 1.29 is 23.5 Å². The molecule has 1 saturated carbocycles. The molecule has 3 aliphatic rings. The number of amides is 2. The van der Waals surface area contributed by atoms with E-state index in [9.17, 15) is 9.59 Å². The number of carbonyl (C=O) groups excluding carboxylic acids is 2. The average molecular weight is 516 g/mol. The molecule has 1 aromatic heterocycles. The minimum atomic E-state index is -0.286. The van der Waals surface area contributed by atoms with Crippen LogP contribution < -0.4 is 10.1 Å². The first-order valence-corrected chi connectivity index (χ1v) is 13.5. The van der Waals surface area contributed by atoms with E-state index in [2.05, 4.69) is 47.6 Å². The van der Waals surface area contributed by atoms with E-state index >= 15 is 0 Å². The molecule has 0 unspecified atom stereocenters. The first-order valence-electron chi connectivity index (χ1n) is 13.5. The Labute approximate surface area is 222 Å². The second kappa shape index (κ2) is 10.6. The second-order valence-electron chi connectivity index (χ2n) is 10.5. The van der Waals surface area contributed by atoms with Crippen molar-refractivity contribution in [2.45, 2.75) is 57.8 Å². The zero-order chi connectivity index (χ0) is 26.1. The van der Waals surface area contributed by atoms with Crippen LogP contribution in [-0.2, 0) is 22.6 Å². The Morgan fingerprint density at radius 2 is 1.97 bits per heavy atom. The normalized spacial score (nSPS) is 20.7. The zero-order valence-corrected chi connectivity index (χ0v) is 21.7. The molecule has 0 bridgehead atoms.